The van der Waals surface area contributed by atoms with Crippen LogP contribution in [0.15, 0.2) is 24.3 Å². The number of fused-ring (bicyclic) bond motifs is 1. The van der Waals surface area contributed by atoms with Crippen LogP contribution in [-0.4, -0.2) is 41.2 Å². The van der Waals surface area contributed by atoms with Crippen LogP contribution >= 0.6 is 0 Å². The van der Waals surface area contributed by atoms with Gasteiger partial charge in [-0.2, -0.15) is 0 Å². The summed E-state index contributed by atoms with van der Waals surface area (Å²) in [7, 11) is 2.03. The Balaban J connectivity index is 1.93. The van der Waals surface area contributed by atoms with Gasteiger partial charge in [0.05, 0.1) is 11.4 Å². The summed E-state index contributed by atoms with van der Waals surface area (Å²) in [6, 6.07) is 7.90. The van der Waals surface area contributed by atoms with Crippen LogP contribution < -0.4 is 9.80 Å². The second-order valence-electron chi connectivity index (χ2n) is 5.57. The Kier molecular flexibility index (Phi) is 3.37. The molecule has 1 N–H and O–H groups in total. The van der Waals surface area contributed by atoms with Gasteiger partial charge in [0, 0.05) is 26.1 Å². The first kappa shape index (κ1) is 13.6. The number of nitrogens with zero attached hydrogens (tertiary/aromatic N) is 4. The smallest absolute Gasteiger partial charge is 0.298 e. The number of hydrogen-bond acceptors (Lipinski definition) is 4. The number of nitrogens with one attached hydrogen (secondary N) is 1. The maximum Gasteiger partial charge on any atom is 0.298 e. The molecule has 1 aliphatic rings. The lowest BCUT2D eigenvalue weighted by molar-refractivity contribution is 0.0977. The molecule has 0 saturated carbocycles. The van der Waals surface area contributed by atoms with E-state index >= 15 is 0 Å². The maximum atomic E-state index is 12.7. The Morgan fingerprint density at radius 2 is 1.95 bits per heavy atom. The summed E-state index contributed by atoms with van der Waals surface area (Å²) < 4.78 is 0. The van der Waals surface area contributed by atoms with Gasteiger partial charge in [-0.1, -0.05) is 26.0 Å². The van der Waals surface area contributed by atoms with Gasteiger partial charge < -0.3 is 9.80 Å². The minimum Gasteiger partial charge on any atom is -0.371 e. The Morgan fingerprint density at radius 3 is 2.62 bits per heavy atom. The molecule has 1 aliphatic heterocycles. The molecule has 1 amide bonds. The van der Waals surface area contributed by atoms with Crippen LogP contribution in [0.25, 0.3) is 0 Å². The second kappa shape index (κ2) is 5.20. The zero-order valence-corrected chi connectivity index (χ0v) is 12.5. The number of para-hydroxylation sites is 2. The molecule has 0 spiro atoms. The third-order valence-electron chi connectivity index (χ3n) is 3.73. The largest absolute Gasteiger partial charge is 0.371 e. The standard InChI is InChI=1S/C15H19N5O/c1-10(2)13-16-14(18-17-13)15(21)20-9-8-19(3)11-6-4-5-7-12(11)20/h4-7,10H,8-9H2,1-3H3,(H,16,17,18). The molecule has 0 aliphatic carbocycles. The van der Waals surface area contributed by atoms with Gasteiger partial charge in [-0.15, -0.1) is 5.10 Å². The van der Waals surface area contributed by atoms with Gasteiger partial charge in [0.1, 0.15) is 5.82 Å². The summed E-state index contributed by atoms with van der Waals surface area (Å²) in [6.07, 6.45) is 0. The van der Waals surface area contributed by atoms with E-state index in [1.165, 1.54) is 0 Å². The van der Waals surface area contributed by atoms with E-state index in [2.05, 4.69) is 20.1 Å². The van der Waals surface area contributed by atoms with Crippen molar-refractivity contribution in [3.05, 3.63) is 35.9 Å². The average molecular weight is 285 g/mol. The van der Waals surface area contributed by atoms with E-state index in [1.54, 1.807) is 4.90 Å². The average Bonchev–Trinajstić information content (AvgIpc) is 2.97. The molecular formula is C15H19N5O. The van der Waals surface area contributed by atoms with Crippen LogP contribution in [0.4, 0.5) is 11.4 Å². The van der Waals surface area contributed by atoms with E-state index in [9.17, 15) is 4.79 Å². The van der Waals surface area contributed by atoms with Gasteiger partial charge in [0.15, 0.2) is 0 Å². The van der Waals surface area contributed by atoms with Crippen LogP contribution in [0.3, 0.4) is 0 Å². The highest BCUT2D eigenvalue weighted by molar-refractivity contribution is 6.06. The van der Waals surface area contributed by atoms with Crippen molar-refractivity contribution in [2.75, 3.05) is 29.9 Å². The predicted octanol–water partition coefficient (Wildman–Crippen LogP) is 2.02. The van der Waals surface area contributed by atoms with Crippen LogP contribution in [0, 0.1) is 0 Å². The van der Waals surface area contributed by atoms with E-state index in [0.29, 0.717) is 6.54 Å². The fourth-order valence-corrected chi connectivity index (χ4v) is 2.47. The number of aromatic amines is 1. The van der Waals surface area contributed by atoms with Crippen molar-refractivity contribution in [2.24, 2.45) is 0 Å². The fraction of sp³-hybridized carbons (Fsp3) is 0.400. The molecule has 110 valence electrons. The Labute approximate surface area is 123 Å². The normalized spacial score (nSPS) is 14.5. The number of H-pyrrole nitrogens is 1. The third-order valence-corrected chi connectivity index (χ3v) is 3.73. The van der Waals surface area contributed by atoms with Gasteiger partial charge in [-0.05, 0) is 12.1 Å². The molecule has 0 bridgehead atoms. The van der Waals surface area contributed by atoms with E-state index < -0.39 is 0 Å². The van der Waals surface area contributed by atoms with Crippen molar-refractivity contribution >= 4 is 17.3 Å². The van der Waals surface area contributed by atoms with Crippen LogP contribution in [0.1, 0.15) is 36.2 Å². The van der Waals surface area contributed by atoms with E-state index in [1.807, 2.05) is 45.2 Å². The van der Waals surface area contributed by atoms with Crippen LogP contribution in [0.2, 0.25) is 0 Å². The van der Waals surface area contributed by atoms with Gasteiger partial charge in [0.25, 0.3) is 5.91 Å². The van der Waals surface area contributed by atoms with E-state index in [4.69, 9.17) is 0 Å². The van der Waals surface area contributed by atoms with Gasteiger partial charge in [-0.3, -0.25) is 9.89 Å². The molecule has 1 aromatic heterocycles. The van der Waals surface area contributed by atoms with Crippen molar-refractivity contribution in [1.82, 2.24) is 15.2 Å². The Morgan fingerprint density at radius 1 is 1.24 bits per heavy atom. The number of carbonyl (C=O) groups is 1. The van der Waals surface area contributed by atoms with Crippen LogP contribution in [-0.2, 0) is 0 Å². The van der Waals surface area contributed by atoms with Crippen molar-refractivity contribution in [3.8, 4) is 0 Å². The molecule has 2 aromatic rings. The Hall–Kier alpha value is -2.37. The number of amides is 1. The zero-order valence-electron chi connectivity index (χ0n) is 12.5. The Bertz CT molecular complexity index is 664. The van der Waals surface area contributed by atoms with Gasteiger partial charge in [0.2, 0.25) is 5.82 Å². The summed E-state index contributed by atoms with van der Waals surface area (Å²) in [6.45, 7) is 5.46. The molecule has 0 unspecified atom stereocenters. The fourth-order valence-electron chi connectivity index (χ4n) is 2.47. The summed E-state index contributed by atoms with van der Waals surface area (Å²) in [5.41, 5.74) is 1.96. The molecule has 2 heterocycles. The lowest BCUT2D eigenvalue weighted by Gasteiger charge is -2.35. The molecular weight excluding hydrogens is 266 g/mol. The second-order valence-corrected chi connectivity index (χ2v) is 5.57. The zero-order chi connectivity index (χ0) is 15.0. The number of carbonyl (C=O) groups excluding carboxylic acids is 1. The molecule has 0 radical (unpaired) electrons. The van der Waals surface area contributed by atoms with Gasteiger partial charge >= 0.3 is 0 Å². The molecule has 3 rings (SSSR count). The summed E-state index contributed by atoms with van der Waals surface area (Å²) in [4.78, 5) is 20.9. The third kappa shape index (κ3) is 2.37. The summed E-state index contributed by atoms with van der Waals surface area (Å²) >= 11 is 0. The molecule has 6 nitrogen and oxygen atoms in total. The monoisotopic (exact) mass is 285 g/mol. The molecule has 0 fully saturated rings. The number of anilines is 2. The molecule has 0 saturated heterocycles. The molecule has 1 aromatic carbocycles. The topological polar surface area (TPSA) is 65.1 Å². The molecule has 6 heteroatoms. The number of benzene rings is 1. The lowest BCUT2D eigenvalue weighted by atomic mass is 10.1. The van der Waals surface area contributed by atoms with E-state index in [-0.39, 0.29) is 17.6 Å². The summed E-state index contributed by atoms with van der Waals surface area (Å²) in [5, 5.41) is 6.90. The van der Waals surface area contributed by atoms with Crippen molar-refractivity contribution in [2.45, 2.75) is 19.8 Å². The first-order valence-electron chi connectivity index (χ1n) is 7.12. The first-order chi connectivity index (χ1) is 10.1. The molecule has 0 atom stereocenters. The predicted molar refractivity (Wildman–Crippen MR) is 81.9 cm³/mol. The highest BCUT2D eigenvalue weighted by atomic mass is 16.2. The number of likely N-dealkylation sites (N-methyl/N-ethyl adjacent to an activating group) is 1. The SMILES string of the molecule is CC(C)c1nc(C(=O)N2CCN(C)c3ccccc32)n[nH]1. The van der Waals surface area contributed by atoms with Crippen LogP contribution in [0.5, 0.6) is 0 Å². The highest BCUT2D eigenvalue weighted by Gasteiger charge is 2.28. The quantitative estimate of drug-likeness (QED) is 0.917. The summed E-state index contributed by atoms with van der Waals surface area (Å²) in [5.74, 6) is 1.04. The number of rotatable bonds is 2. The highest BCUT2D eigenvalue weighted by Crippen LogP contribution is 2.32. The maximum absolute atomic E-state index is 12.7. The minimum absolute atomic E-state index is 0.154. The first-order valence-corrected chi connectivity index (χ1v) is 7.12. The van der Waals surface area contributed by atoms with Gasteiger partial charge in [-0.25, -0.2) is 4.98 Å². The number of aromatic nitrogens is 3. The van der Waals surface area contributed by atoms with Crippen molar-refractivity contribution in [3.63, 3.8) is 0 Å². The minimum atomic E-state index is -0.154. The van der Waals surface area contributed by atoms with Crippen molar-refractivity contribution in [1.29, 1.82) is 0 Å². The molecule has 21 heavy (non-hydrogen) atoms. The lowest BCUT2D eigenvalue weighted by Crippen LogP contribution is -2.43. The number of hydrogen-bond donors (Lipinski definition) is 1. The van der Waals surface area contributed by atoms with E-state index in [0.717, 1.165) is 23.7 Å². The van der Waals surface area contributed by atoms with Crippen molar-refractivity contribution < 1.29 is 4.79 Å².